The van der Waals surface area contributed by atoms with Gasteiger partial charge in [-0.1, -0.05) is 30.3 Å². The van der Waals surface area contributed by atoms with E-state index in [0.717, 1.165) is 19.4 Å². The van der Waals surface area contributed by atoms with Crippen LogP contribution in [0.15, 0.2) is 30.3 Å². The first-order valence-corrected chi connectivity index (χ1v) is 7.41. The van der Waals surface area contributed by atoms with Crippen LogP contribution in [-0.2, 0) is 20.7 Å². The lowest BCUT2D eigenvalue weighted by Crippen LogP contribution is -2.43. The molecule has 21 heavy (non-hydrogen) atoms. The molecule has 0 amide bonds. The van der Waals surface area contributed by atoms with Gasteiger partial charge in [0.1, 0.15) is 6.04 Å². The second-order valence-electron chi connectivity index (χ2n) is 6.04. The summed E-state index contributed by atoms with van der Waals surface area (Å²) in [5, 5.41) is 3.21. The minimum atomic E-state index is -0.412. The summed E-state index contributed by atoms with van der Waals surface area (Å²) in [7, 11) is 1.40. The molecular formula is C17H27NO3. The van der Waals surface area contributed by atoms with Gasteiger partial charge in [-0.2, -0.15) is 0 Å². The molecule has 0 aromatic heterocycles. The number of ether oxygens (including phenoxy) is 2. The Hall–Kier alpha value is -1.39. The summed E-state index contributed by atoms with van der Waals surface area (Å²) in [5.74, 6) is -0.279. The minimum absolute atomic E-state index is 0.266. The van der Waals surface area contributed by atoms with Crippen LogP contribution in [0, 0.1) is 0 Å². The molecule has 0 aliphatic heterocycles. The third-order valence-corrected chi connectivity index (χ3v) is 3.04. The molecule has 0 heterocycles. The van der Waals surface area contributed by atoms with Gasteiger partial charge in [0.15, 0.2) is 0 Å². The Morgan fingerprint density at radius 1 is 1.24 bits per heavy atom. The van der Waals surface area contributed by atoms with E-state index in [1.807, 2.05) is 39.0 Å². The zero-order valence-corrected chi connectivity index (χ0v) is 13.5. The van der Waals surface area contributed by atoms with Crippen molar-refractivity contribution >= 4 is 5.97 Å². The molecule has 0 radical (unpaired) electrons. The van der Waals surface area contributed by atoms with E-state index in [4.69, 9.17) is 9.47 Å². The fourth-order valence-electron chi connectivity index (χ4n) is 1.90. The van der Waals surface area contributed by atoms with E-state index in [-0.39, 0.29) is 11.6 Å². The first kappa shape index (κ1) is 17.7. The first-order valence-electron chi connectivity index (χ1n) is 7.41. The van der Waals surface area contributed by atoms with Crippen LogP contribution in [0.3, 0.4) is 0 Å². The minimum Gasteiger partial charge on any atom is -0.468 e. The van der Waals surface area contributed by atoms with E-state index in [0.29, 0.717) is 6.61 Å². The lowest BCUT2D eigenvalue weighted by atomic mass is 10.1. The van der Waals surface area contributed by atoms with Crippen LogP contribution in [0.1, 0.15) is 32.8 Å². The fourth-order valence-corrected chi connectivity index (χ4v) is 1.90. The predicted molar refractivity (Wildman–Crippen MR) is 84.3 cm³/mol. The van der Waals surface area contributed by atoms with Crippen LogP contribution in [-0.4, -0.2) is 37.9 Å². The van der Waals surface area contributed by atoms with Gasteiger partial charge in [0.25, 0.3) is 0 Å². The third-order valence-electron chi connectivity index (χ3n) is 3.04. The van der Waals surface area contributed by atoms with Crippen molar-refractivity contribution in [1.82, 2.24) is 5.32 Å². The number of hydrogen-bond donors (Lipinski definition) is 1. The fraction of sp³-hybridized carbons (Fsp3) is 0.588. The lowest BCUT2D eigenvalue weighted by molar-refractivity contribution is -0.146. The van der Waals surface area contributed by atoms with Crippen molar-refractivity contribution in [3.8, 4) is 0 Å². The van der Waals surface area contributed by atoms with E-state index < -0.39 is 6.04 Å². The van der Waals surface area contributed by atoms with Crippen molar-refractivity contribution < 1.29 is 14.3 Å². The average molecular weight is 293 g/mol. The Kier molecular flexibility index (Phi) is 7.40. The number of methoxy groups -OCH3 is 1. The Labute approximate surface area is 127 Å². The van der Waals surface area contributed by atoms with Gasteiger partial charge in [-0.05, 0) is 45.7 Å². The maximum absolute atomic E-state index is 11.7. The van der Waals surface area contributed by atoms with Gasteiger partial charge in [0, 0.05) is 0 Å². The standard InChI is InChI=1S/C17H27NO3/c1-17(2,3)21-13-15(16(19)20-4)18-12-8-11-14-9-6-5-7-10-14/h5-7,9-10,15,18H,8,11-13H2,1-4H3/t15-/m1/s1. The van der Waals surface area contributed by atoms with Gasteiger partial charge < -0.3 is 14.8 Å². The summed E-state index contributed by atoms with van der Waals surface area (Å²) < 4.78 is 10.5. The Bertz CT molecular complexity index is 412. The summed E-state index contributed by atoms with van der Waals surface area (Å²) in [6, 6.07) is 9.90. The molecule has 0 spiro atoms. The van der Waals surface area contributed by atoms with E-state index >= 15 is 0 Å². The highest BCUT2D eigenvalue weighted by atomic mass is 16.5. The molecule has 0 saturated carbocycles. The second kappa shape index (κ2) is 8.80. The van der Waals surface area contributed by atoms with Crippen LogP contribution in [0.5, 0.6) is 0 Å². The van der Waals surface area contributed by atoms with Gasteiger partial charge in [-0.3, -0.25) is 4.79 Å². The van der Waals surface area contributed by atoms with E-state index in [1.165, 1.54) is 12.7 Å². The molecule has 0 bridgehead atoms. The molecule has 0 saturated heterocycles. The number of esters is 1. The molecule has 1 N–H and O–H groups in total. The Morgan fingerprint density at radius 2 is 1.90 bits per heavy atom. The molecular weight excluding hydrogens is 266 g/mol. The van der Waals surface area contributed by atoms with Gasteiger partial charge >= 0.3 is 5.97 Å². The largest absolute Gasteiger partial charge is 0.468 e. The van der Waals surface area contributed by atoms with Gasteiger partial charge in [-0.15, -0.1) is 0 Å². The zero-order valence-electron chi connectivity index (χ0n) is 13.5. The SMILES string of the molecule is COC(=O)[C@@H](COC(C)(C)C)NCCCc1ccccc1. The number of rotatable bonds is 8. The Morgan fingerprint density at radius 3 is 2.48 bits per heavy atom. The summed E-state index contributed by atoms with van der Waals surface area (Å²) in [5.41, 5.74) is 1.04. The molecule has 0 unspecified atom stereocenters. The van der Waals surface area contributed by atoms with Gasteiger partial charge in [-0.25, -0.2) is 0 Å². The van der Waals surface area contributed by atoms with Crippen LogP contribution in [0.2, 0.25) is 0 Å². The molecule has 0 aliphatic carbocycles. The van der Waals surface area contributed by atoms with Crippen molar-refractivity contribution in [3.63, 3.8) is 0 Å². The normalized spacial score (nSPS) is 13.0. The second-order valence-corrected chi connectivity index (χ2v) is 6.04. The summed E-state index contributed by atoms with van der Waals surface area (Å²) >= 11 is 0. The summed E-state index contributed by atoms with van der Waals surface area (Å²) in [6.07, 6.45) is 1.95. The van der Waals surface area contributed by atoms with Crippen LogP contribution in [0.25, 0.3) is 0 Å². The van der Waals surface area contributed by atoms with Crippen molar-refractivity contribution in [3.05, 3.63) is 35.9 Å². The van der Waals surface area contributed by atoms with E-state index in [2.05, 4.69) is 17.4 Å². The number of benzene rings is 1. The maximum atomic E-state index is 11.7. The average Bonchev–Trinajstić information content (AvgIpc) is 2.45. The van der Waals surface area contributed by atoms with Crippen LogP contribution in [0.4, 0.5) is 0 Å². The van der Waals surface area contributed by atoms with Crippen LogP contribution >= 0.6 is 0 Å². The monoisotopic (exact) mass is 293 g/mol. The molecule has 1 atom stereocenters. The third kappa shape index (κ3) is 7.83. The molecule has 4 heteroatoms. The van der Waals surface area contributed by atoms with E-state index in [9.17, 15) is 4.79 Å². The smallest absolute Gasteiger partial charge is 0.325 e. The number of nitrogens with one attached hydrogen (secondary N) is 1. The topological polar surface area (TPSA) is 47.6 Å². The lowest BCUT2D eigenvalue weighted by Gasteiger charge is -2.23. The number of carbonyl (C=O) groups excluding carboxylic acids is 1. The molecule has 0 fully saturated rings. The molecule has 0 aliphatic rings. The summed E-state index contributed by atoms with van der Waals surface area (Å²) in [4.78, 5) is 11.7. The Balaban J connectivity index is 2.34. The first-order chi connectivity index (χ1) is 9.92. The van der Waals surface area contributed by atoms with Gasteiger partial charge in [0.05, 0.1) is 19.3 Å². The highest BCUT2D eigenvalue weighted by Crippen LogP contribution is 2.08. The molecule has 118 valence electrons. The number of hydrogen-bond acceptors (Lipinski definition) is 4. The quantitative estimate of drug-likeness (QED) is 0.591. The molecule has 1 aromatic rings. The van der Waals surface area contributed by atoms with Crippen molar-refractivity contribution in [2.75, 3.05) is 20.3 Å². The predicted octanol–water partition coefficient (Wildman–Crippen LogP) is 2.57. The van der Waals surface area contributed by atoms with Gasteiger partial charge in [0.2, 0.25) is 0 Å². The van der Waals surface area contributed by atoms with Crippen molar-refractivity contribution in [1.29, 1.82) is 0 Å². The highest BCUT2D eigenvalue weighted by molar-refractivity contribution is 5.75. The van der Waals surface area contributed by atoms with Crippen molar-refractivity contribution in [2.24, 2.45) is 0 Å². The number of carbonyl (C=O) groups is 1. The summed E-state index contributed by atoms with van der Waals surface area (Å²) in [6.45, 7) is 6.98. The van der Waals surface area contributed by atoms with Crippen molar-refractivity contribution in [2.45, 2.75) is 45.3 Å². The molecule has 4 nitrogen and oxygen atoms in total. The molecule has 1 rings (SSSR count). The number of aryl methyl sites for hydroxylation is 1. The van der Waals surface area contributed by atoms with E-state index in [1.54, 1.807) is 0 Å². The highest BCUT2D eigenvalue weighted by Gasteiger charge is 2.21. The molecule has 1 aromatic carbocycles. The van der Waals surface area contributed by atoms with Crippen LogP contribution < -0.4 is 5.32 Å². The zero-order chi connectivity index (χ0) is 15.7. The maximum Gasteiger partial charge on any atom is 0.325 e.